The SMILES string of the molecule is C=C(C)C(=O)NCCNc1ccc(-c2cc(OCC3CCN(CCOC)CC3)cn3ncc(C#N)c23)cn1. The van der Waals surface area contributed by atoms with Crippen LogP contribution in [-0.2, 0) is 9.53 Å². The van der Waals surface area contributed by atoms with E-state index < -0.39 is 0 Å². The molecule has 0 saturated carbocycles. The van der Waals surface area contributed by atoms with E-state index >= 15 is 0 Å². The molecular formula is C28H35N7O3. The highest BCUT2D eigenvalue weighted by Crippen LogP contribution is 2.31. The van der Waals surface area contributed by atoms with Crippen molar-refractivity contribution < 1.29 is 14.3 Å². The first-order valence-electron chi connectivity index (χ1n) is 12.9. The molecule has 0 spiro atoms. The Bertz CT molecular complexity index is 1290. The number of nitrogens with zero attached hydrogens (tertiary/aromatic N) is 5. The van der Waals surface area contributed by atoms with Gasteiger partial charge in [0.1, 0.15) is 17.6 Å². The highest BCUT2D eigenvalue weighted by atomic mass is 16.5. The van der Waals surface area contributed by atoms with E-state index in [1.165, 1.54) is 0 Å². The molecule has 200 valence electrons. The minimum Gasteiger partial charge on any atom is -0.492 e. The highest BCUT2D eigenvalue weighted by Gasteiger charge is 2.20. The molecule has 0 bridgehead atoms. The van der Waals surface area contributed by atoms with Gasteiger partial charge < -0.3 is 25.0 Å². The number of anilines is 1. The summed E-state index contributed by atoms with van der Waals surface area (Å²) in [5.74, 6) is 1.72. The van der Waals surface area contributed by atoms with E-state index in [0.29, 0.717) is 48.3 Å². The van der Waals surface area contributed by atoms with Crippen LogP contribution in [-0.4, -0.2) is 78.5 Å². The molecule has 1 saturated heterocycles. The fourth-order valence-electron chi connectivity index (χ4n) is 4.46. The number of pyridine rings is 2. The van der Waals surface area contributed by atoms with Crippen LogP contribution in [0.5, 0.6) is 5.75 Å². The average Bonchev–Trinajstić information content (AvgIpc) is 3.36. The number of piperidine rings is 1. The van der Waals surface area contributed by atoms with Gasteiger partial charge in [0.15, 0.2) is 0 Å². The Kier molecular flexibility index (Phi) is 9.30. The summed E-state index contributed by atoms with van der Waals surface area (Å²) in [7, 11) is 1.74. The number of methoxy groups -OCH3 is 1. The van der Waals surface area contributed by atoms with Crippen molar-refractivity contribution in [1.82, 2.24) is 24.8 Å². The number of likely N-dealkylation sites (tertiary alicyclic amines) is 1. The van der Waals surface area contributed by atoms with Crippen molar-refractivity contribution in [2.24, 2.45) is 5.92 Å². The third-order valence-electron chi connectivity index (χ3n) is 6.69. The number of rotatable bonds is 12. The lowest BCUT2D eigenvalue weighted by Gasteiger charge is -2.31. The number of hydrogen-bond donors (Lipinski definition) is 2. The molecule has 1 aliphatic rings. The largest absolute Gasteiger partial charge is 0.492 e. The van der Waals surface area contributed by atoms with Crippen LogP contribution in [0, 0.1) is 17.2 Å². The highest BCUT2D eigenvalue weighted by molar-refractivity contribution is 5.92. The first kappa shape index (κ1) is 27.1. The maximum absolute atomic E-state index is 11.6. The summed E-state index contributed by atoms with van der Waals surface area (Å²) in [5, 5.41) is 20.0. The van der Waals surface area contributed by atoms with Crippen molar-refractivity contribution in [3.05, 3.63) is 54.5 Å². The van der Waals surface area contributed by atoms with Crippen molar-refractivity contribution >= 4 is 17.2 Å². The second-order valence-electron chi connectivity index (χ2n) is 9.54. The van der Waals surface area contributed by atoms with Gasteiger partial charge >= 0.3 is 0 Å². The molecule has 3 aromatic rings. The van der Waals surface area contributed by atoms with Gasteiger partial charge in [0.25, 0.3) is 0 Å². The van der Waals surface area contributed by atoms with E-state index in [-0.39, 0.29) is 5.91 Å². The fourth-order valence-corrected chi connectivity index (χ4v) is 4.46. The molecule has 1 fully saturated rings. The number of amides is 1. The van der Waals surface area contributed by atoms with E-state index in [9.17, 15) is 10.1 Å². The molecule has 0 unspecified atom stereocenters. The third-order valence-corrected chi connectivity index (χ3v) is 6.69. The molecule has 10 heteroatoms. The molecule has 10 nitrogen and oxygen atoms in total. The Balaban J connectivity index is 1.43. The van der Waals surface area contributed by atoms with E-state index in [2.05, 4.69) is 38.3 Å². The quantitative estimate of drug-likeness (QED) is 0.278. The molecule has 3 aromatic heterocycles. The van der Waals surface area contributed by atoms with Crippen molar-refractivity contribution in [3.63, 3.8) is 0 Å². The summed E-state index contributed by atoms with van der Waals surface area (Å²) in [6.45, 7) is 10.8. The number of hydrogen-bond acceptors (Lipinski definition) is 8. The van der Waals surface area contributed by atoms with Gasteiger partial charge in [-0.25, -0.2) is 9.50 Å². The lowest BCUT2D eigenvalue weighted by Crippen LogP contribution is -2.37. The lowest BCUT2D eigenvalue weighted by molar-refractivity contribution is -0.117. The Labute approximate surface area is 223 Å². The van der Waals surface area contributed by atoms with Crippen LogP contribution in [0.25, 0.3) is 16.6 Å². The summed E-state index contributed by atoms with van der Waals surface area (Å²) in [6.07, 6.45) is 7.34. The smallest absolute Gasteiger partial charge is 0.246 e. The van der Waals surface area contributed by atoms with Crippen molar-refractivity contribution in [2.45, 2.75) is 19.8 Å². The zero-order valence-electron chi connectivity index (χ0n) is 22.1. The molecule has 0 atom stereocenters. The Hall–Kier alpha value is -3.94. The summed E-state index contributed by atoms with van der Waals surface area (Å²) in [4.78, 5) is 18.6. The second kappa shape index (κ2) is 13.0. The molecule has 4 rings (SSSR count). The van der Waals surface area contributed by atoms with Crippen LogP contribution in [0.3, 0.4) is 0 Å². The van der Waals surface area contributed by atoms with Crippen molar-refractivity contribution in [1.29, 1.82) is 5.26 Å². The van der Waals surface area contributed by atoms with E-state index in [1.807, 2.05) is 24.4 Å². The number of nitriles is 1. The van der Waals surface area contributed by atoms with E-state index in [0.717, 1.165) is 55.7 Å². The van der Waals surface area contributed by atoms with Gasteiger partial charge in [0, 0.05) is 49.6 Å². The molecule has 1 amide bonds. The number of carbonyl (C=O) groups excluding carboxylic acids is 1. The van der Waals surface area contributed by atoms with E-state index in [1.54, 1.807) is 30.9 Å². The topological polar surface area (TPSA) is 117 Å². The van der Waals surface area contributed by atoms with Gasteiger partial charge in [0.2, 0.25) is 5.91 Å². The first-order chi connectivity index (χ1) is 18.5. The van der Waals surface area contributed by atoms with Gasteiger partial charge in [-0.1, -0.05) is 6.58 Å². The number of nitrogens with one attached hydrogen (secondary N) is 2. The summed E-state index contributed by atoms with van der Waals surface area (Å²) in [6, 6.07) is 8.02. The van der Waals surface area contributed by atoms with Gasteiger partial charge in [-0.15, -0.1) is 0 Å². The predicted octanol–water partition coefficient (Wildman–Crippen LogP) is 3.11. The Morgan fingerprint density at radius 2 is 2.08 bits per heavy atom. The number of fused-ring (bicyclic) bond motifs is 1. The van der Waals surface area contributed by atoms with Gasteiger partial charge in [0.05, 0.1) is 36.7 Å². The summed E-state index contributed by atoms with van der Waals surface area (Å²) in [5.41, 5.74) is 3.37. The van der Waals surface area contributed by atoms with Crippen LogP contribution in [0.4, 0.5) is 5.82 Å². The molecule has 2 N–H and O–H groups in total. The number of carbonyl (C=O) groups is 1. The number of ether oxygens (including phenoxy) is 2. The van der Waals surface area contributed by atoms with Crippen LogP contribution >= 0.6 is 0 Å². The molecular weight excluding hydrogens is 482 g/mol. The molecule has 38 heavy (non-hydrogen) atoms. The van der Waals surface area contributed by atoms with Gasteiger partial charge in [-0.3, -0.25) is 4.79 Å². The zero-order valence-corrected chi connectivity index (χ0v) is 22.1. The predicted molar refractivity (Wildman–Crippen MR) is 146 cm³/mol. The summed E-state index contributed by atoms with van der Waals surface area (Å²) >= 11 is 0. The van der Waals surface area contributed by atoms with Crippen LogP contribution in [0.2, 0.25) is 0 Å². The first-order valence-corrected chi connectivity index (χ1v) is 12.9. The van der Waals surface area contributed by atoms with Crippen molar-refractivity contribution in [3.8, 4) is 22.9 Å². The zero-order chi connectivity index (χ0) is 26.9. The normalized spacial score (nSPS) is 14.2. The number of aromatic nitrogens is 3. The lowest BCUT2D eigenvalue weighted by atomic mass is 9.98. The molecule has 0 radical (unpaired) electrons. The monoisotopic (exact) mass is 517 g/mol. The maximum atomic E-state index is 11.6. The Morgan fingerprint density at radius 3 is 2.76 bits per heavy atom. The van der Waals surface area contributed by atoms with Crippen LogP contribution in [0.15, 0.2) is 48.9 Å². The fraction of sp³-hybridized carbons (Fsp3) is 0.429. The van der Waals surface area contributed by atoms with Gasteiger partial charge in [-0.05, 0) is 57.0 Å². The molecule has 4 heterocycles. The van der Waals surface area contributed by atoms with Gasteiger partial charge in [-0.2, -0.15) is 10.4 Å². The third kappa shape index (κ3) is 6.88. The van der Waals surface area contributed by atoms with E-state index in [4.69, 9.17) is 9.47 Å². The second-order valence-corrected chi connectivity index (χ2v) is 9.54. The molecule has 0 aliphatic carbocycles. The van der Waals surface area contributed by atoms with Crippen LogP contribution < -0.4 is 15.4 Å². The minimum absolute atomic E-state index is 0.164. The minimum atomic E-state index is -0.164. The van der Waals surface area contributed by atoms with Crippen molar-refractivity contribution in [2.75, 3.05) is 58.4 Å². The molecule has 0 aromatic carbocycles. The average molecular weight is 518 g/mol. The Morgan fingerprint density at radius 1 is 1.26 bits per heavy atom. The summed E-state index contributed by atoms with van der Waals surface area (Å²) < 4.78 is 13.1. The van der Waals surface area contributed by atoms with Crippen LogP contribution in [0.1, 0.15) is 25.3 Å². The molecule has 1 aliphatic heterocycles. The standard InChI is InChI=1S/C28H35N7O3/c1-20(2)28(36)31-9-8-30-26-5-4-22(16-32-26)25-14-24(18-35-27(25)23(15-29)17-33-35)38-19-21-6-10-34(11-7-21)12-13-37-3/h4-5,14,16-18,21H,1,6-13,19H2,2-3H3,(H,30,32)(H,31,36). The maximum Gasteiger partial charge on any atom is 0.246 e.